The average Bonchev–Trinajstić information content (AvgIpc) is 2.73. The Labute approximate surface area is 171 Å². The van der Waals surface area contributed by atoms with Gasteiger partial charge in [0, 0.05) is 50.5 Å². The van der Waals surface area contributed by atoms with Crippen molar-refractivity contribution in [2.75, 3.05) is 43.4 Å². The van der Waals surface area contributed by atoms with Gasteiger partial charge >= 0.3 is 0 Å². The van der Waals surface area contributed by atoms with Gasteiger partial charge in [0.1, 0.15) is 11.9 Å². The largest absolute Gasteiger partial charge is 0.379 e. The molecule has 1 saturated heterocycles. The summed E-state index contributed by atoms with van der Waals surface area (Å²) in [5, 5.41) is 14.0. The minimum atomic E-state index is 0.560. The summed E-state index contributed by atoms with van der Waals surface area (Å²) in [5.74, 6) is 1.03. The van der Waals surface area contributed by atoms with Crippen molar-refractivity contribution in [2.45, 2.75) is 20.4 Å². The second-order valence-electron chi connectivity index (χ2n) is 7.81. The maximum absolute atomic E-state index is 9.56. The molecule has 0 bridgehead atoms. The second-order valence-corrected chi connectivity index (χ2v) is 7.81. The van der Waals surface area contributed by atoms with E-state index in [1.807, 2.05) is 6.20 Å². The first-order valence-electron chi connectivity index (χ1n) is 9.97. The van der Waals surface area contributed by atoms with E-state index in [1.165, 1.54) is 0 Å². The molecule has 6 nitrogen and oxygen atoms in total. The van der Waals surface area contributed by atoms with Crippen molar-refractivity contribution in [3.63, 3.8) is 0 Å². The summed E-state index contributed by atoms with van der Waals surface area (Å²) < 4.78 is 0. The molecule has 0 radical (unpaired) electrons. The number of nitrogens with one attached hydrogen (secondary N) is 1. The van der Waals surface area contributed by atoms with Crippen LogP contribution in [-0.2, 0) is 6.54 Å². The highest BCUT2D eigenvalue weighted by Gasteiger charge is 2.15. The van der Waals surface area contributed by atoms with Gasteiger partial charge in [0.25, 0.3) is 0 Å². The van der Waals surface area contributed by atoms with E-state index in [9.17, 15) is 5.26 Å². The number of nitrogens with zero attached hydrogens (tertiary/aromatic N) is 5. The highest BCUT2D eigenvalue weighted by molar-refractivity contribution is 5.96. The molecule has 1 aliphatic heterocycles. The average molecular weight is 387 g/mol. The molecule has 0 aliphatic carbocycles. The highest BCUT2D eigenvalue weighted by atomic mass is 15.3. The zero-order valence-corrected chi connectivity index (χ0v) is 17.2. The van der Waals surface area contributed by atoms with E-state index in [1.54, 1.807) is 6.20 Å². The van der Waals surface area contributed by atoms with E-state index in [0.717, 1.165) is 65.3 Å². The quantitative estimate of drug-likeness (QED) is 0.740. The number of rotatable bonds is 4. The van der Waals surface area contributed by atoms with Crippen LogP contribution in [0.3, 0.4) is 0 Å². The van der Waals surface area contributed by atoms with E-state index in [2.05, 4.69) is 76.3 Å². The number of anilines is 2. The monoisotopic (exact) mass is 386 g/mol. The van der Waals surface area contributed by atoms with Crippen molar-refractivity contribution in [2.24, 2.45) is 0 Å². The molecule has 0 spiro atoms. The standard InChI is InChI=1S/C23H26N6/c1-16-10-17(2)22-20(11-16)23(19(12-24)15-27-22)26-14-18-4-5-21(25-13-18)29-8-6-28(3)7-9-29/h4-5,10-11,13,15H,6-9,14H2,1-3H3,(H,26,27). The third kappa shape index (κ3) is 4.01. The number of nitriles is 1. The molecule has 4 rings (SSSR count). The summed E-state index contributed by atoms with van der Waals surface area (Å²) in [4.78, 5) is 13.8. The smallest absolute Gasteiger partial charge is 0.128 e. The minimum Gasteiger partial charge on any atom is -0.379 e. The Hall–Kier alpha value is -3.17. The van der Waals surface area contributed by atoms with Crippen LogP contribution in [0.15, 0.2) is 36.7 Å². The van der Waals surface area contributed by atoms with Gasteiger partial charge in [-0.15, -0.1) is 0 Å². The molecule has 29 heavy (non-hydrogen) atoms. The molecule has 6 heteroatoms. The molecule has 2 aromatic heterocycles. The molecule has 0 atom stereocenters. The summed E-state index contributed by atoms with van der Waals surface area (Å²) in [6.45, 7) is 8.88. The van der Waals surface area contributed by atoms with Gasteiger partial charge in [-0.3, -0.25) is 4.98 Å². The Morgan fingerprint density at radius 3 is 2.55 bits per heavy atom. The summed E-state index contributed by atoms with van der Waals surface area (Å²) in [7, 11) is 2.15. The number of fused-ring (bicyclic) bond motifs is 1. The van der Waals surface area contributed by atoms with E-state index < -0.39 is 0 Å². The third-order valence-corrected chi connectivity index (χ3v) is 5.53. The maximum atomic E-state index is 9.56. The van der Waals surface area contributed by atoms with E-state index in [-0.39, 0.29) is 0 Å². The van der Waals surface area contributed by atoms with Crippen LogP contribution in [0.2, 0.25) is 0 Å². The van der Waals surface area contributed by atoms with E-state index >= 15 is 0 Å². The fourth-order valence-electron chi connectivity index (χ4n) is 3.87. The lowest BCUT2D eigenvalue weighted by Crippen LogP contribution is -2.44. The lowest BCUT2D eigenvalue weighted by Gasteiger charge is -2.33. The minimum absolute atomic E-state index is 0.560. The molecule has 0 amide bonds. The van der Waals surface area contributed by atoms with Crippen LogP contribution in [0.1, 0.15) is 22.3 Å². The molecule has 1 aliphatic rings. The summed E-state index contributed by atoms with van der Waals surface area (Å²) in [5.41, 5.74) is 5.69. The van der Waals surface area contributed by atoms with Crippen LogP contribution in [0, 0.1) is 25.2 Å². The number of hydrogen-bond acceptors (Lipinski definition) is 6. The van der Waals surface area contributed by atoms with Crippen LogP contribution in [0.4, 0.5) is 11.5 Å². The zero-order valence-electron chi connectivity index (χ0n) is 17.2. The van der Waals surface area contributed by atoms with Gasteiger partial charge in [0.05, 0.1) is 16.8 Å². The predicted octanol–water partition coefficient (Wildman–Crippen LogP) is 3.48. The Kier molecular flexibility index (Phi) is 5.32. The summed E-state index contributed by atoms with van der Waals surface area (Å²) in [6, 6.07) is 10.7. The first-order valence-corrected chi connectivity index (χ1v) is 9.97. The second kappa shape index (κ2) is 8.06. The number of pyridine rings is 2. The molecule has 3 heterocycles. The first-order chi connectivity index (χ1) is 14.0. The zero-order chi connectivity index (χ0) is 20.4. The highest BCUT2D eigenvalue weighted by Crippen LogP contribution is 2.29. The maximum Gasteiger partial charge on any atom is 0.128 e. The van der Waals surface area contributed by atoms with Crippen LogP contribution < -0.4 is 10.2 Å². The van der Waals surface area contributed by atoms with Gasteiger partial charge < -0.3 is 15.1 Å². The van der Waals surface area contributed by atoms with Gasteiger partial charge in [-0.05, 0) is 44.2 Å². The van der Waals surface area contributed by atoms with Crippen LogP contribution in [0.25, 0.3) is 10.9 Å². The Morgan fingerprint density at radius 2 is 1.86 bits per heavy atom. The number of likely N-dealkylation sites (N-methyl/N-ethyl adjacent to an activating group) is 1. The van der Waals surface area contributed by atoms with Crippen LogP contribution >= 0.6 is 0 Å². The summed E-state index contributed by atoms with van der Waals surface area (Å²) in [6.07, 6.45) is 3.58. The van der Waals surface area contributed by atoms with Crippen molar-refractivity contribution in [3.05, 3.63) is 58.9 Å². The van der Waals surface area contributed by atoms with Crippen molar-refractivity contribution >= 4 is 22.4 Å². The molecular weight excluding hydrogens is 360 g/mol. The number of benzene rings is 1. The number of aromatic nitrogens is 2. The van der Waals surface area contributed by atoms with Gasteiger partial charge in [0.2, 0.25) is 0 Å². The molecule has 3 aromatic rings. The molecule has 1 fully saturated rings. The van der Waals surface area contributed by atoms with Crippen LogP contribution in [-0.4, -0.2) is 48.1 Å². The third-order valence-electron chi connectivity index (χ3n) is 5.53. The van der Waals surface area contributed by atoms with Gasteiger partial charge in [-0.1, -0.05) is 17.7 Å². The van der Waals surface area contributed by atoms with E-state index in [0.29, 0.717) is 12.1 Å². The molecule has 0 saturated carbocycles. The van der Waals surface area contributed by atoms with Crippen molar-refractivity contribution in [3.8, 4) is 6.07 Å². The van der Waals surface area contributed by atoms with Crippen LogP contribution in [0.5, 0.6) is 0 Å². The number of aryl methyl sites for hydroxylation is 2. The molecule has 0 unspecified atom stereocenters. The fraction of sp³-hybridized carbons (Fsp3) is 0.348. The molecule has 148 valence electrons. The normalized spacial score (nSPS) is 14.8. The van der Waals surface area contributed by atoms with E-state index in [4.69, 9.17) is 0 Å². The number of piperazine rings is 1. The topological polar surface area (TPSA) is 68.1 Å². The molecule has 1 N–H and O–H groups in total. The van der Waals surface area contributed by atoms with Crippen molar-refractivity contribution < 1.29 is 0 Å². The van der Waals surface area contributed by atoms with Gasteiger partial charge in [-0.2, -0.15) is 5.26 Å². The van der Waals surface area contributed by atoms with Gasteiger partial charge in [0.15, 0.2) is 0 Å². The van der Waals surface area contributed by atoms with Crippen molar-refractivity contribution in [1.82, 2.24) is 14.9 Å². The SMILES string of the molecule is Cc1cc(C)c2ncc(C#N)c(NCc3ccc(N4CCN(C)CC4)nc3)c2c1. The number of hydrogen-bond donors (Lipinski definition) is 1. The Balaban J connectivity index is 1.54. The molecule has 1 aromatic carbocycles. The fourth-order valence-corrected chi connectivity index (χ4v) is 3.87. The van der Waals surface area contributed by atoms with Crippen molar-refractivity contribution in [1.29, 1.82) is 5.26 Å². The van der Waals surface area contributed by atoms with Gasteiger partial charge in [-0.25, -0.2) is 4.98 Å². The lowest BCUT2D eigenvalue weighted by molar-refractivity contribution is 0.312. The Morgan fingerprint density at radius 1 is 1.07 bits per heavy atom. The lowest BCUT2D eigenvalue weighted by atomic mass is 10.0. The Bertz CT molecular complexity index is 1060. The predicted molar refractivity (Wildman–Crippen MR) is 117 cm³/mol. The first kappa shape index (κ1) is 19.2. The molecular formula is C23H26N6. The summed E-state index contributed by atoms with van der Waals surface area (Å²) >= 11 is 0.